The second-order valence-electron chi connectivity index (χ2n) is 24.8. The molecule has 0 spiro atoms. The van der Waals surface area contributed by atoms with E-state index in [9.17, 15) is 43.2 Å². The van der Waals surface area contributed by atoms with Crippen LogP contribution in [0, 0.1) is 11.8 Å². The molecule has 0 amide bonds. The predicted octanol–water partition coefficient (Wildman–Crippen LogP) is 18.4. The Balaban J connectivity index is 5.25. The van der Waals surface area contributed by atoms with Crippen LogP contribution in [0.25, 0.3) is 0 Å². The van der Waals surface area contributed by atoms with Crippen LogP contribution in [0.5, 0.6) is 0 Å². The Morgan fingerprint density at radius 2 is 0.541 bits per heavy atom. The highest BCUT2D eigenvalue weighted by Crippen LogP contribution is 2.45. The molecule has 0 bridgehead atoms. The minimum Gasteiger partial charge on any atom is -0.462 e. The van der Waals surface area contributed by atoms with Gasteiger partial charge in [0.2, 0.25) is 0 Å². The van der Waals surface area contributed by atoms with Gasteiger partial charge in [0.15, 0.2) is 12.2 Å². The van der Waals surface area contributed by atoms with E-state index >= 15 is 0 Å². The SMILES string of the molecule is CCCCCCCCCCCCCCCC(=O)O[C@H](COC(=O)CCCCCCCCCCC(C)C)COP(=O)(O)OC[C@@H](O)COP(=O)(O)OC[C@@H](COC(=O)CCCCCCCCCC(C)C)OC(=O)CCCCCCCCCCCCC. The smallest absolute Gasteiger partial charge is 0.462 e. The molecule has 0 aliphatic heterocycles. The van der Waals surface area contributed by atoms with Crippen molar-refractivity contribution in [2.45, 2.75) is 349 Å². The summed E-state index contributed by atoms with van der Waals surface area (Å²) < 4.78 is 68.1. The summed E-state index contributed by atoms with van der Waals surface area (Å²) >= 11 is 0. The number of esters is 4. The number of ether oxygens (including phenoxy) is 4. The first kappa shape index (κ1) is 83.1. The maximum Gasteiger partial charge on any atom is 0.472 e. The lowest BCUT2D eigenvalue weighted by atomic mass is 10.0. The topological polar surface area (TPSA) is 237 Å². The number of carbonyl (C=O) groups is 4. The van der Waals surface area contributed by atoms with Gasteiger partial charge in [-0.25, -0.2) is 9.13 Å². The van der Waals surface area contributed by atoms with E-state index in [1.165, 1.54) is 141 Å². The summed E-state index contributed by atoms with van der Waals surface area (Å²) in [5.41, 5.74) is 0. The highest BCUT2D eigenvalue weighted by molar-refractivity contribution is 7.47. The number of unbranched alkanes of at least 4 members (excludes halogenated alkanes) is 35. The number of carbonyl (C=O) groups excluding carboxylic acids is 4. The zero-order chi connectivity index (χ0) is 62.9. The van der Waals surface area contributed by atoms with Crippen LogP contribution in [0.4, 0.5) is 0 Å². The lowest BCUT2D eigenvalue weighted by Gasteiger charge is -2.21. The van der Waals surface area contributed by atoms with Crippen molar-refractivity contribution >= 4 is 39.5 Å². The zero-order valence-electron chi connectivity index (χ0n) is 54.9. The van der Waals surface area contributed by atoms with Crippen molar-refractivity contribution in [1.82, 2.24) is 0 Å². The van der Waals surface area contributed by atoms with E-state index in [4.69, 9.17) is 37.0 Å². The minimum atomic E-state index is -4.95. The lowest BCUT2D eigenvalue weighted by Crippen LogP contribution is -2.30. The van der Waals surface area contributed by atoms with Crippen LogP contribution in [0.15, 0.2) is 0 Å². The summed E-state index contributed by atoms with van der Waals surface area (Å²) in [4.78, 5) is 72.3. The zero-order valence-corrected chi connectivity index (χ0v) is 56.7. The van der Waals surface area contributed by atoms with E-state index in [0.29, 0.717) is 31.6 Å². The molecule has 0 aromatic carbocycles. The first-order valence-electron chi connectivity index (χ1n) is 34.5. The molecule has 504 valence electrons. The summed E-state index contributed by atoms with van der Waals surface area (Å²) in [6.07, 6.45) is 41.7. The summed E-state index contributed by atoms with van der Waals surface area (Å²) in [7, 11) is -9.89. The van der Waals surface area contributed by atoms with Crippen molar-refractivity contribution in [3.05, 3.63) is 0 Å². The molecular weight excluding hydrogens is 1130 g/mol. The number of rotatable bonds is 65. The number of hydrogen-bond donors (Lipinski definition) is 3. The average molecular weight is 1260 g/mol. The van der Waals surface area contributed by atoms with Crippen LogP contribution in [0.1, 0.15) is 330 Å². The van der Waals surface area contributed by atoms with E-state index in [1.807, 2.05) is 0 Å². The van der Waals surface area contributed by atoms with Gasteiger partial charge in [-0.2, -0.15) is 0 Å². The molecule has 19 heteroatoms. The molecule has 3 N–H and O–H groups in total. The summed E-state index contributed by atoms with van der Waals surface area (Å²) in [5.74, 6) is -0.698. The standard InChI is InChI=1S/C66H128O17P2/c1-7-9-11-13-15-17-19-20-22-24-32-39-45-51-66(71)82-61(54-76-63(68)48-42-36-30-26-25-28-34-40-46-58(3)4)56-80-84(72,73)78-52-60(67)53-79-85(74,75)81-57-62(55-77-64(69)49-43-37-33-27-29-35-41-47-59(5)6)83-65(70)50-44-38-31-23-21-18-16-14-12-10-8-2/h58-62,67H,7-57H2,1-6H3,(H,72,73)(H,74,75)/t60-,61-,62-/m1/s1. The number of aliphatic hydroxyl groups is 1. The third-order valence-corrected chi connectivity index (χ3v) is 17.1. The van der Waals surface area contributed by atoms with Gasteiger partial charge in [0.05, 0.1) is 26.4 Å². The van der Waals surface area contributed by atoms with Gasteiger partial charge in [-0.15, -0.1) is 0 Å². The number of aliphatic hydroxyl groups excluding tert-OH is 1. The molecule has 85 heavy (non-hydrogen) atoms. The van der Waals surface area contributed by atoms with E-state index in [0.717, 1.165) is 102 Å². The molecule has 0 saturated carbocycles. The van der Waals surface area contributed by atoms with Gasteiger partial charge in [-0.05, 0) is 37.5 Å². The molecule has 0 aliphatic carbocycles. The molecule has 0 heterocycles. The second-order valence-corrected chi connectivity index (χ2v) is 27.7. The Bertz CT molecular complexity index is 1670. The molecule has 0 radical (unpaired) electrons. The van der Waals surface area contributed by atoms with Crippen LogP contribution in [-0.4, -0.2) is 96.7 Å². The second kappa shape index (κ2) is 58.4. The predicted molar refractivity (Wildman–Crippen MR) is 340 cm³/mol. The average Bonchev–Trinajstić information content (AvgIpc) is 3.55. The first-order chi connectivity index (χ1) is 40.9. The van der Waals surface area contributed by atoms with Gasteiger partial charge in [-0.1, -0.05) is 279 Å². The van der Waals surface area contributed by atoms with Crippen molar-refractivity contribution in [1.29, 1.82) is 0 Å². The van der Waals surface area contributed by atoms with Crippen molar-refractivity contribution in [3.63, 3.8) is 0 Å². The fourth-order valence-electron chi connectivity index (χ4n) is 9.88. The quantitative estimate of drug-likeness (QED) is 0.0222. The van der Waals surface area contributed by atoms with E-state index in [2.05, 4.69) is 41.5 Å². The van der Waals surface area contributed by atoms with Crippen LogP contribution in [0.3, 0.4) is 0 Å². The summed E-state index contributed by atoms with van der Waals surface area (Å²) in [6.45, 7) is 9.42. The van der Waals surface area contributed by atoms with Gasteiger partial charge in [0.1, 0.15) is 19.3 Å². The number of phosphoric ester groups is 2. The van der Waals surface area contributed by atoms with Crippen LogP contribution < -0.4 is 0 Å². The normalized spacial score (nSPS) is 14.2. The molecule has 17 nitrogen and oxygen atoms in total. The van der Waals surface area contributed by atoms with Crippen molar-refractivity contribution in [2.24, 2.45) is 11.8 Å². The van der Waals surface area contributed by atoms with Crippen molar-refractivity contribution < 1.29 is 80.2 Å². The molecule has 2 unspecified atom stereocenters. The Morgan fingerprint density at radius 3 is 0.800 bits per heavy atom. The Kier molecular flexibility index (Phi) is 57.1. The number of hydrogen-bond acceptors (Lipinski definition) is 15. The summed E-state index contributed by atoms with van der Waals surface area (Å²) in [6, 6.07) is 0. The molecule has 0 saturated heterocycles. The maximum atomic E-state index is 13.0. The van der Waals surface area contributed by atoms with Gasteiger partial charge in [-0.3, -0.25) is 37.3 Å². The Morgan fingerprint density at radius 1 is 0.318 bits per heavy atom. The van der Waals surface area contributed by atoms with E-state index in [-0.39, 0.29) is 25.7 Å². The number of phosphoric acid groups is 2. The molecule has 0 fully saturated rings. The third-order valence-electron chi connectivity index (χ3n) is 15.2. The molecule has 0 rings (SSSR count). The van der Waals surface area contributed by atoms with E-state index in [1.54, 1.807) is 0 Å². The highest BCUT2D eigenvalue weighted by atomic mass is 31.2. The van der Waals surface area contributed by atoms with Crippen LogP contribution >= 0.6 is 15.6 Å². The summed E-state index contributed by atoms with van der Waals surface area (Å²) in [5, 5.41) is 10.6. The molecule has 0 aromatic rings. The van der Waals surface area contributed by atoms with Gasteiger partial charge in [0.25, 0.3) is 0 Å². The van der Waals surface area contributed by atoms with E-state index < -0.39 is 97.5 Å². The van der Waals surface area contributed by atoms with Crippen LogP contribution in [0.2, 0.25) is 0 Å². The molecule has 0 aliphatic rings. The highest BCUT2D eigenvalue weighted by Gasteiger charge is 2.30. The van der Waals surface area contributed by atoms with Gasteiger partial charge >= 0.3 is 39.5 Å². The van der Waals surface area contributed by atoms with Gasteiger partial charge in [0, 0.05) is 25.7 Å². The van der Waals surface area contributed by atoms with Crippen molar-refractivity contribution in [3.8, 4) is 0 Å². The molecule has 0 aromatic heterocycles. The first-order valence-corrected chi connectivity index (χ1v) is 37.5. The third kappa shape index (κ3) is 60.7. The largest absolute Gasteiger partial charge is 0.472 e. The Labute approximate surface area is 517 Å². The molecule has 5 atom stereocenters. The maximum absolute atomic E-state index is 13.0. The fraction of sp³-hybridized carbons (Fsp3) is 0.939. The van der Waals surface area contributed by atoms with Gasteiger partial charge < -0.3 is 33.8 Å². The Hall–Kier alpha value is -1.94. The van der Waals surface area contributed by atoms with Crippen LogP contribution in [-0.2, 0) is 65.4 Å². The minimum absolute atomic E-state index is 0.106. The van der Waals surface area contributed by atoms with Crippen molar-refractivity contribution in [2.75, 3.05) is 39.6 Å². The monoisotopic (exact) mass is 1250 g/mol. The fourth-order valence-corrected chi connectivity index (χ4v) is 11.5. The lowest BCUT2D eigenvalue weighted by molar-refractivity contribution is -0.161. The molecular formula is C66H128O17P2.